The predicted octanol–water partition coefficient (Wildman–Crippen LogP) is 1.56. The number of aromatic nitrogens is 2. The molecule has 0 bridgehead atoms. The van der Waals surface area contributed by atoms with E-state index in [-0.39, 0.29) is 0 Å². The van der Waals surface area contributed by atoms with Gasteiger partial charge in [-0.05, 0) is 13.8 Å². The summed E-state index contributed by atoms with van der Waals surface area (Å²) in [6.07, 6.45) is 1.53. The molecule has 1 aromatic rings. The third-order valence-electron chi connectivity index (χ3n) is 1.80. The topological polar surface area (TPSA) is 55.0 Å². The van der Waals surface area contributed by atoms with Crippen molar-refractivity contribution in [1.82, 2.24) is 9.97 Å². The molecular weight excluding hydrogens is 188 g/mol. The van der Waals surface area contributed by atoms with Crippen molar-refractivity contribution in [3.8, 4) is 0 Å². The summed E-state index contributed by atoms with van der Waals surface area (Å²) in [4.78, 5) is 10.2. The Labute approximate surface area is 82.7 Å². The molecule has 0 atom stereocenters. The predicted molar refractivity (Wildman–Crippen MR) is 55.0 cm³/mol. The van der Waals surface area contributed by atoms with Gasteiger partial charge in [0.05, 0.1) is 6.20 Å². The van der Waals surface area contributed by atoms with Crippen molar-refractivity contribution in [2.75, 3.05) is 23.7 Å². The molecule has 0 fully saturated rings. The number of hydrogen-bond acceptors (Lipinski definition) is 4. The summed E-state index contributed by atoms with van der Waals surface area (Å²) in [7, 11) is 0. The van der Waals surface area contributed by atoms with Gasteiger partial charge in [0, 0.05) is 13.1 Å². The van der Waals surface area contributed by atoms with Crippen molar-refractivity contribution in [2.24, 2.45) is 0 Å². The van der Waals surface area contributed by atoms with E-state index in [9.17, 15) is 0 Å². The zero-order valence-corrected chi connectivity index (χ0v) is 8.54. The molecule has 0 amide bonds. The smallest absolute Gasteiger partial charge is 0.227 e. The summed E-state index contributed by atoms with van der Waals surface area (Å²) < 4.78 is 0. The van der Waals surface area contributed by atoms with E-state index in [1.807, 2.05) is 18.7 Å². The standard InChI is InChI=1S/C8H13ClN4/c1-3-13(4-2)8-11-5-6(9)7(10)12-8/h5H,3-4H2,1-2H3,(H2,10,11,12). The van der Waals surface area contributed by atoms with Crippen molar-refractivity contribution >= 4 is 23.4 Å². The molecule has 13 heavy (non-hydrogen) atoms. The number of nitrogens with zero attached hydrogens (tertiary/aromatic N) is 3. The molecule has 2 N–H and O–H groups in total. The molecule has 5 heteroatoms. The van der Waals surface area contributed by atoms with Crippen LogP contribution in [0.5, 0.6) is 0 Å². The second kappa shape index (κ2) is 4.28. The quantitative estimate of drug-likeness (QED) is 0.805. The molecule has 72 valence electrons. The Morgan fingerprint density at radius 1 is 1.46 bits per heavy atom. The highest BCUT2D eigenvalue weighted by Gasteiger charge is 2.06. The number of anilines is 2. The number of halogens is 1. The fourth-order valence-corrected chi connectivity index (χ4v) is 1.12. The highest BCUT2D eigenvalue weighted by Crippen LogP contribution is 2.17. The fourth-order valence-electron chi connectivity index (χ4n) is 1.03. The molecule has 4 nitrogen and oxygen atoms in total. The summed E-state index contributed by atoms with van der Waals surface area (Å²) in [6, 6.07) is 0. The SMILES string of the molecule is CCN(CC)c1ncc(Cl)c(N)n1. The summed E-state index contributed by atoms with van der Waals surface area (Å²) in [6.45, 7) is 5.80. The first-order valence-electron chi connectivity index (χ1n) is 4.22. The van der Waals surface area contributed by atoms with E-state index < -0.39 is 0 Å². The van der Waals surface area contributed by atoms with Crippen LogP contribution >= 0.6 is 11.6 Å². The van der Waals surface area contributed by atoms with Crippen molar-refractivity contribution in [1.29, 1.82) is 0 Å². The van der Waals surface area contributed by atoms with E-state index in [0.717, 1.165) is 13.1 Å². The van der Waals surface area contributed by atoms with Crippen LogP contribution in [0.25, 0.3) is 0 Å². The lowest BCUT2D eigenvalue weighted by atomic mass is 10.5. The summed E-state index contributed by atoms with van der Waals surface area (Å²) in [5, 5.41) is 0.399. The van der Waals surface area contributed by atoms with Gasteiger partial charge in [0.2, 0.25) is 5.95 Å². The Hall–Kier alpha value is -1.03. The molecular formula is C8H13ClN4. The molecule has 0 unspecified atom stereocenters. The second-order valence-electron chi connectivity index (χ2n) is 2.58. The van der Waals surface area contributed by atoms with Crippen LogP contribution in [0.3, 0.4) is 0 Å². The monoisotopic (exact) mass is 200 g/mol. The molecule has 0 saturated carbocycles. The minimum Gasteiger partial charge on any atom is -0.382 e. The van der Waals surface area contributed by atoms with Gasteiger partial charge in [0.25, 0.3) is 0 Å². The van der Waals surface area contributed by atoms with E-state index >= 15 is 0 Å². The minimum absolute atomic E-state index is 0.332. The maximum atomic E-state index is 5.70. The van der Waals surface area contributed by atoms with Gasteiger partial charge in [0.1, 0.15) is 10.8 Å². The summed E-state index contributed by atoms with van der Waals surface area (Å²) >= 11 is 5.70. The molecule has 0 aliphatic rings. The average molecular weight is 201 g/mol. The third kappa shape index (κ3) is 2.21. The van der Waals surface area contributed by atoms with E-state index in [2.05, 4.69) is 9.97 Å². The first kappa shape index (κ1) is 10.1. The normalized spacial score (nSPS) is 10.1. The van der Waals surface area contributed by atoms with Crippen LogP contribution in [0.2, 0.25) is 5.02 Å². The van der Waals surface area contributed by atoms with Gasteiger partial charge in [-0.25, -0.2) is 4.98 Å². The molecule has 0 saturated heterocycles. The van der Waals surface area contributed by atoms with E-state index in [1.165, 1.54) is 6.20 Å². The molecule has 1 rings (SSSR count). The van der Waals surface area contributed by atoms with Crippen molar-refractivity contribution in [3.63, 3.8) is 0 Å². The lowest BCUT2D eigenvalue weighted by molar-refractivity contribution is 0.822. The highest BCUT2D eigenvalue weighted by atomic mass is 35.5. The zero-order valence-electron chi connectivity index (χ0n) is 7.79. The Morgan fingerprint density at radius 2 is 2.08 bits per heavy atom. The molecule has 0 aliphatic heterocycles. The Morgan fingerprint density at radius 3 is 2.54 bits per heavy atom. The van der Waals surface area contributed by atoms with E-state index in [4.69, 9.17) is 17.3 Å². The van der Waals surface area contributed by atoms with Crippen molar-refractivity contribution in [2.45, 2.75) is 13.8 Å². The molecule has 1 heterocycles. The lowest BCUT2D eigenvalue weighted by Crippen LogP contribution is -2.24. The van der Waals surface area contributed by atoms with Gasteiger partial charge in [-0.3, -0.25) is 0 Å². The Kier molecular flexibility index (Phi) is 3.31. The second-order valence-corrected chi connectivity index (χ2v) is 2.98. The van der Waals surface area contributed by atoms with Crippen LogP contribution in [-0.4, -0.2) is 23.1 Å². The largest absolute Gasteiger partial charge is 0.382 e. The van der Waals surface area contributed by atoms with Crippen LogP contribution in [0.1, 0.15) is 13.8 Å². The first-order chi connectivity index (χ1) is 6.19. The average Bonchev–Trinajstić information content (AvgIpc) is 2.13. The van der Waals surface area contributed by atoms with Crippen LogP contribution in [-0.2, 0) is 0 Å². The van der Waals surface area contributed by atoms with Gasteiger partial charge < -0.3 is 10.6 Å². The number of nitrogen functional groups attached to an aromatic ring is 1. The number of rotatable bonds is 3. The summed E-state index contributed by atoms with van der Waals surface area (Å²) in [5.41, 5.74) is 5.56. The van der Waals surface area contributed by atoms with Gasteiger partial charge in [-0.15, -0.1) is 0 Å². The maximum Gasteiger partial charge on any atom is 0.227 e. The highest BCUT2D eigenvalue weighted by molar-refractivity contribution is 6.32. The van der Waals surface area contributed by atoms with Crippen LogP contribution in [0.4, 0.5) is 11.8 Å². The van der Waals surface area contributed by atoms with Crippen molar-refractivity contribution < 1.29 is 0 Å². The Balaban J connectivity index is 2.95. The first-order valence-corrected chi connectivity index (χ1v) is 4.59. The van der Waals surface area contributed by atoms with E-state index in [1.54, 1.807) is 0 Å². The van der Waals surface area contributed by atoms with E-state index in [0.29, 0.717) is 16.8 Å². The maximum absolute atomic E-state index is 5.70. The van der Waals surface area contributed by atoms with Crippen LogP contribution < -0.4 is 10.6 Å². The molecule has 1 aromatic heterocycles. The van der Waals surface area contributed by atoms with Crippen LogP contribution in [0, 0.1) is 0 Å². The fraction of sp³-hybridized carbons (Fsp3) is 0.500. The van der Waals surface area contributed by atoms with Gasteiger partial charge in [0.15, 0.2) is 0 Å². The molecule has 0 radical (unpaired) electrons. The molecule has 0 aromatic carbocycles. The van der Waals surface area contributed by atoms with Gasteiger partial charge >= 0.3 is 0 Å². The van der Waals surface area contributed by atoms with Gasteiger partial charge in [-0.2, -0.15) is 4.98 Å². The van der Waals surface area contributed by atoms with Crippen molar-refractivity contribution in [3.05, 3.63) is 11.2 Å². The van der Waals surface area contributed by atoms with Gasteiger partial charge in [-0.1, -0.05) is 11.6 Å². The number of hydrogen-bond donors (Lipinski definition) is 1. The zero-order chi connectivity index (χ0) is 9.84. The van der Waals surface area contributed by atoms with Crippen LogP contribution in [0.15, 0.2) is 6.20 Å². The lowest BCUT2D eigenvalue weighted by Gasteiger charge is -2.18. The minimum atomic E-state index is 0.332. The Bertz CT molecular complexity index is 285. The summed E-state index contributed by atoms with van der Waals surface area (Å²) in [5.74, 6) is 0.963. The molecule has 0 spiro atoms. The third-order valence-corrected chi connectivity index (χ3v) is 2.10. The number of nitrogens with two attached hydrogens (primary N) is 1. The molecule has 0 aliphatic carbocycles.